The molecule has 0 saturated carbocycles. The van der Waals surface area contributed by atoms with Crippen molar-refractivity contribution in [2.75, 3.05) is 12.3 Å². The molecule has 7 heteroatoms. The molecule has 0 radical (unpaired) electrons. The first-order chi connectivity index (χ1) is 8.77. The summed E-state index contributed by atoms with van der Waals surface area (Å²) >= 11 is 5.92. The van der Waals surface area contributed by atoms with Crippen molar-refractivity contribution in [3.63, 3.8) is 0 Å². The summed E-state index contributed by atoms with van der Waals surface area (Å²) in [5.41, 5.74) is 6.66. The smallest absolute Gasteiger partial charge is 0.240 e. The minimum Gasteiger partial charge on any atom is -0.398 e. The SMILES string of the molecule is CCCC(O)CNS(=O)(=O)c1cc(N)c(C)c(Cl)c1. The lowest BCUT2D eigenvalue weighted by Crippen LogP contribution is -2.32. The summed E-state index contributed by atoms with van der Waals surface area (Å²) in [7, 11) is -3.71. The molecule has 1 unspecified atom stereocenters. The van der Waals surface area contributed by atoms with Gasteiger partial charge in [-0.2, -0.15) is 0 Å². The number of benzene rings is 1. The number of aliphatic hydroxyl groups excluding tert-OH is 1. The molecule has 1 rings (SSSR count). The minimum atomic E-state index is -3.71. The molecule has 0 fully saturated rings. The Kier molecular flexibility index (Phi) is 5.61. The number of rotatable bonds is 6. The van der Waals surface area contributed by atoms with Crippen LogP contribution >= 0.6 is 11.6 Å². The van der Waals surface area contributed by atoms with E-state index >= 15 is 0 Å². The number of nitrogens with two attached hydrogens (primary N) is 1. The highest BCUT2D eigenvalue weighted by molar-refractivity contribution is 7.89. The number of hydrogen-bond donors (Lipinski definition) is 3. The summed E-state index contributed by atoms with van der Waals surface area (Å²) in [4.78, 5) is 0.00398. The number of sulfonamides is 1. The number of hydrogen-bond acceptors (Lipinski definition) is 4. The van der Waals surface area contributed by atoms with Gasteiger partial charge < -0.3 is 10.8 Å². The van der Waals surface area contributed by atoms with Crippen LogP contribution in [0.25, 0.3) is 0 Å². The first-order valence-electron chi connectivity index (χ1n) is 6.01. The lowest BCUT2D eigenvalue weighted by Gasteiger charge is -2.12. The van der Waals surface area contributed by atoms with E-state index in [1.165, 1.54) is 12.1 Å². The Bertz CT molecular complexity index is 523. The molecule has 0 aromatic heterocycles. The number of nitrogens with one attached hydrogen (secondary N) is 1. The van der Waals surface area contributed by atoms with E-state index in [0.717, 1.165) is 6.42 Å². The molecule has 0 aliphatic carbocycles. The fourth-order valence-corrected chi connectivity index (χ4v) is 2.98. The van der Waals surface area contributed by atoms with Gasteiger partial charge in [0.25, 0.3) is 0 Å². The maximum absolute atomic E-state index is 12.0. The van der Waals surface area contributed by atoms with Crippen molar-refractivity contribution in [3.05, 3.63) is 22.7 Å². The predicted molar refractivity (Wildman–Crippen MR) is 76.7 cm³/mol. The molecule has 0 saturated heterocycles. The Labute approximate surface area is 118 Å². The molecule has 5 nitrogen and oxygen atoms in total. The van der Waals surface area contributed by atoms with Crippen LogP contribution in [0.4, 0.5) is 5.69 Å². The second-order valence-electron chi connectivity index (χ2n) is 4.41. The van der Waals surface area contributed by atoms with E-state index in [1.54, 1.807) is 6.92 Å². The van der Waals surface area contributed by atoms with Crippen LogP contribution in [0.5, 0.6) is 0 Å². The van der Waals surface area contributed by atoms with Gasteiger partial charge in [0.2, 0.25) is 10.0 Å². The first kappa shape index (κ1) is 16.2. The molecule has 0 aliphatic rings. The maximum Gasteiger partial charge on any atom is 0.240 e. The van der Waals surface area contributed by atoms with Gasteiger partial charge in [-0.3, -0.25) is 0 Å². The lowest BCUT2D eigenvalue weighted by atomic mass is 10.2. The quantitative estimate of drug-likeness (QED) is 0.697. The molecular formula is C12H19ClN2O3S. The van der Waals surface area contributed by atoms with E-state index in [9.17, 15) is 13.5 Å². The lowest BCUT2D eigenvalue weighted by molar-refractivity contribution is 0.167. The van der Waals surface area contributed by atoms with Gasteiger partial charge in [-0.1, -0.05) is 24.9 Å². The molecule has 0 heterocycles. The normalized spacial score (nSPS) is 13.5. The molecule has 0 bridgehead atoms. The van der Waals surface area contributed by atoms with E-state index in [1.807, 2.05) is 6.92 Å². The standard InChI is InChI=1S/C12H19ClN2O3S/c1-3-4-9(16)7-15-19(17,18)10-5-11(13)8(2)12(14)6-10/h5-6,9,15-16H,3-4,7,14H2,1-2H3. The van der Waals surface area contributed by atoms with Gasteiger partial charge in [-0.25, -0.2) is 13.1 Å². The molecule has 0 spiro atoms. The highest BCUT2D eigenvalue weighted by atomic mass is 35.5. The Morgan fingerprint density at radius 2 is 2.11 bits per heavy atom. The summed E-state index contributed by atoms with van der Waals surface area (Å²) in [6.07, 6.45) is 0.629. The molecule has 0 amide bonds. The van der Waals surface area contributed by atoms with Crippen LogP contribution < -0.4 is 10.5 Å². The second kappa shape index (κ2) is 6.56. The second-order valence-corrected chi connectivity index (χ2v) is 6.59. The van der Waals surface area contributed by atoms with Gasteiger partial charge in [0.05, 0.1) is 11.0 Å². The van der Waals surface area contributed by atoms with E-state index < -0.39 is 16.1 Å². The van der Waals surface area contributed by atoms with Gasteiger partial charge in [-0.05, 0) is 31.0 Å². The van der Waals surface area contributed by atoms with Gasteiger partial charge in [0.15, 0.2) is 0 Å². The van der Waals surface area contributed by atoms with Crippen LogP contribution in [0.1, 0.15) is 25.3 Å². The van der Waals surface area contributed by atoms with E-state index in [0.29, 0.717) is 22.7 Å². The largest absolute Gasteiger partial charge is 0.398 e. The third-order valence-electron chi connectivity index (χ3n) is 2.80. The summed E-state index contributed by atoms with van der Waals surface area (Å²) in [5, 5.41) is 9.84. The average Bonchev–Trinajstić information content (AvgIpc) is 2.33. The molecule has 0 aliphatic heterocycles. The third kappa shape index (κ3) is 4.35. The molecule has 19 heavy (non-hydrogen) atoms. The zero-order valence-electron chi connectivity index (χ0n) is 11.0. The summed E-state index contributed by atoms with van der Waals surface area (Å²) in [6, 6.07) is 2.71. The van der Waals surface area contributed by atoms with Crippen molar-refractivity contribution in [3.8, 4) is 0 Å². The molecule has 4 N–H and O–H groups in total. The van der Waals surface area contributed by atoms with Gasteiger partial charge >= 0.3 is 0 Å². The van der Waals surface area contributed by atoms with Gasteiger partial charge in [-0.15, -0.1) is 0 Å². The van der Waals surface area contributed by atoms with Crippen LogP contribution in [-0.4, -0.2) is 26.2 Å². The molecular weight excluding hydrogens is 288 g/mol. The highest BCUT2D eigenvalue weighted by Crippen LogP contribution is 2.25. The fourth-order valence-electron chi connectivity index (χ4n) is 1.55. The Morgan fingerprint density at radius 3 is 2.63 bits per heavy atom. The van der Waals surface area contributed by atoms with E-state index in [4.69, 9.17) is 17.3 Å². The molecule has 1 atom stereocenters. The van der Waals surface area contributed by atoms with Crippen LogP contribution in [-0.2, 0) is 10.0 Å². The van der Waals surface area contributed by atoms with Crippen molar-refractivity contribution in [2.45, 2.75) is 37.7 Å². The van der Waals surface area contributed by atoms with E-state index in [2.05, 4.69) is 4.72 Å². The van der Waals surface area contributed by atoms with Crippen LogP contribution in [0.2, 0.25) is 5.02 Å². The molecule has 1 aromatic carbocycles. The molecule has 1 aromatic rings. The maximum atomic E-state index is 12.0. The summed E-state index contributed by atoms with van der Waals surface area (Å²) in [5.74, 6) is 0. The number of aliphatic hydroxyl groups is 1. The van der Waals surface area contributed by atoms with Crippen LogP contribution in [0.3, 0.4) is 0 Å². The number of halogens is 1. The van der Waals surface area contributed by atoms with Gasteiger partial charge in [0.1, 0.15) is 0 Å². The minimum absolute atomic E-state index is 0.00398. The Hall–Kier alpha value is -0.820. The Morgan fingerprint density at radius 1 is 1.47 bits per heavy atom. The zero-order valence-corrected chi connectivity index (χ0v) is 12.6. The van der Waals surface area contributed by atoms with Crippen molar-refractivity contribution in [2.24, 2.45) is 0 Å². The fraction of sp³-hybridized carbons (Fsp3) is 0.500. The topological polar surface area (TPSA) is 92.4 Å². The highest BCUT2D eigenvalue weighted by Gasteiger charge is 2.17. The Balaban J connectivity index is 2.89. The van der Waals surface area contributed by atoms with Crippen molar-refractivity contribution in [1.82, 2.24) is 4.72 Å². The average molecular weight is 307 g/mol. The van der Waals surface area contributed by atoms with Crippen molar-refractivity contribution in [1.29, 1.82) is 0 Å². The third-order valence-corrected chi connectivity index (χ3v) is 4.59. The van der Waals surface area contributed by atoms with Crippen molar-refractivity contribution < 1.29 is 13.5 Å². The first-order valence-corrected chi connectivity index (χ1v) is 7.87. The summed E-state index contributed by atoms with van der Waals surface area (Å²) in [6.45, 7) is 3.60. The number of nitrogen functional groups attached to an aromatic ring is 1. The summed E-state index contributed by atoms with van der Waals surface area (Å²) < 4.78 is 26.4. The number of anilines is 1. The monoisotopic (exact) mass is 306 g/mol. The zero-order chi connectivity index (χ0) is 14.6. The van der Waals surface area contributed by atoms with Crippen LogP contribution in [0.15, 0.2) is 17.0 Å². The molecule has 108 valence electrons. The van der Waals surface area contributed by atoms with Crippen molar-refractivity contribution >= 4 is 27.3 Å². The predicted octanol–water partition coefficient (Wildman–Crippen LogP) is 1.67. The van der Waals surface area contributed by atoms with E-state index in [-0.39, 0.29) is 11.4 Å². The van der Waals surface area contributed by atoms with Gasteiger partial charge in [0, 0.05) is 17.3 Å². The van der Waals surface area contributed by atoms with Crippen LogP contribution in [0, 0.1) is 6.92 Å².